The van der Waals surface area contributed by atoms with E-state index < -0.39 is 36.4 Å². The molecule has 15 heavy (non-hydrogen) atoms. The second kappa shape index (κ2) is 7.56. The zero-order valence-corrected chi connectivity index (χ0v) is 11.2. The summed E-state index contributed by atoms with van der Waals surface area (Å²) < 4.78 is 0. The Balaban J connectivity index is 0. The first-order valence-corrected chi connectivity index (χ1v) is 7.34. The van der Waals surface area contributed by atoms with Crippen LogP contribution >= 0.6 is 9.69 Å². The summed E-state index contributed by atoms with van der Waals surface area (Å²) in [7, 11) is 4.76. The van der Waals surface area contributed by atoms with E-state index in [4.69, 9.17) is 30.1 Å². The summed E-state index contributed by atoms with van der Waals surface area (Å²) in [6, 6.07) is 0. The Morgan fingerprint density at radius 3 is 1.40 bits per heavy atom. The van der Waals surface area contributed by atoms with Crippen LogP contribution in [-0.4, -0.2) is 43.9 Å². The summed E-state index contributed by atoms with van der Waals surface area (Å²) in [5, 5.41) is 33.8. The van der Waals surface area contributed by atoms with Gasteiger partial charge in [-0.3, -0.25) is 9.59 Å². The zero-order valence-electron chi connectivity index (χ0n) is 7.51. The van der Waals surface area contributed by atoms with E-state index in [1.165, 1.54) is 0 Å². The van der Waals surface area contributed by atoms with E-state index in [2.05, 4.69) is 0 Å². The average Bonchev–Trinajstić information content (AvgIpc) is 2.04. The van der Waals surface area contributed by atoms with Gasteiger partial charge in [0.05, 0.1) is 12.8 Å². The van der Waals surface area contributed by atoms with Gasteiger partial charge in [0.1, 0.15) is 0 Å². The summed E-state index contributed by atoms with van der Waals surface area (Å²) in [4.78, 5) is 30.5. The predicted molar refractivity (Wildman–Crippen MR) is 42.9 cm³/mol. The Hall–Kier alpha value is -0.717. The number of carboxylic acids is 3. The van der Waals surface area contributed by atoms with Gasteiger partial charge in [-0.25, -0.2) is 4.79 Å². The Bertz CT molecular complexity index is 238. The van der Waals surface area contributed by atoms with Crippen molar-refractivity contribution in [2.24, 2.45) is 0 Å². The molecule has 0 saturated carbocycles. The fourth-order valence-electron chi connectivity index (χ4n) is 0.714. The van der Waals surface area contributed by atoms with Crippen LogP contribution in [-0.2, 0) is 31.7 Å². The van der Waals surface area contributed by atoms with E-state index in [0.717, 1.165) is 17.3 Å². The van der Waals surface area contributed by atoms with E-state index in [1.807, 2.05) is 0 Å². The number of carboxylic acid groups (broad SMARTS) is 3. The second-order valence-corrected chi connectivity index (χ2v) is 2.48. The fourth-order valence-corrected chi connectivity index (χ4v) is 0.714. The molecule has 7 nitrogen and oxygen atoms in total. The number of halogens is 1. The van der Waals surface area contributed by atoms with Crippen molar-refractivity contribution in [1.29, 1.82) is 0 Å². The van der Waals surface area contributed by atoms with E-state index in [-0.39, 0.29) is 0 Å². The number of carbonyl (C=O) groups is 3. The fraction of sp³-hybridized carbons (Fsp3) is 0.500. The third kappa shape index (κ3) is 7.24. The summed E-state index contributed by atoms with van der Waals surface area (Å²) in [6.07, 6.45) is -2.29. The Morgan fingerprint density at radius 1 is 1.00 bits per heavy atom. The van der Waals surface area contributed by atoms with Gasteiger partial charge in [0.25, 0.3) is 0 Å². The van der Waals surface area contributed by atoms with E-state index in [0.29, 0.717) is 0 Å². The molecular weight excluding hydrogens is 285 g/mol. The van der Waals surface area contributed by atoms with Crippen LogP contribution < -0.4 is 0 Å². The molecule has 0 fully saturated rings. The normalized spacial score (nSPS) is 9.87. The molecule has 0 rings (SSSR count). The van der Waals surface area contributed by atoms with Crippen molar-refractivity contribution in [2.75, 3.05) is 0 Å². The molecule has 0 heterocycles. The minimum absolute atomic E-state index is 0.847. The van der Waals surface area contributed by atoms with Crippen LogP contribution in [0.15, 0.2) is 0 Å². The first-order chi connectivity index (χ1) is 6.78. The molecule has 0 aliphatic heterocycles. The molecular formula is C6H8ClO7Zn. The predicted octanol–water partition coefficient (Wildman–Crippen LogP) is -0.561. The van der Waals surface area contributed by atoms with E-state index in [1.54, 1.807) is 0 Å². The summed E-state index contributed by atoms with van der Waals surface area (Å²) in [5.41, 5.74) is -2.74. The average molecular weight is 293 g/mol. The molecule has 0 aromatic heterocycles. The van der Waals surface area contributed by atoms with Crippen LogP contribution in [0.4, 0.5) is 0 Å². The van der Waals surface area contributed by atoms with Gasteiger partial charge in [-0.2, -0.15) is 0 Å². The first-order valence-electron chi connectivity index (χ1n) is 3.44. The third-order valence-electron chi connectivity index (χ3n) is 1.29. The number of aliphatic carboxylic acids is 3. The number of aliphatic hydroxyl groups is 1. The molecule has 0 radical (unpaired) electrons. The van der Waals surface area contributed by atoms with Gasteiger partial charge in [-0.15, -0.1) is 0 Å². The van der Waals surface area contributed by atoms with Gasteiger partial charge in [0, 0.05) is 0 Å². The summed E-state index contributed by atoms with van der Waals surface area (Å²) >= 11 is 0.847. The summed E-state index contributed by atoms with van der Waals surface area (Å²) in [6.45, 7) is 0. The van der Waals surface area contributed by atoms with Crippen LogP contribution in [0, 0.1) is 0 Å². The van der Waals surface area contributed by atoms with Gasteiger partial charge in [-0.1, -0.05) is 0 Å². The Kier molecular flexibility index (Phi) is 8.42. The molecule has 0 saturated heterocycles. The van der Waals surface area contributed by atoms with Crippen LogP contribution in [0.3, 0.4) is 0 Å². The molecule has 4 N–H and O–H groups in total. The van der Waals surface area contributed by atoms with Crippen LogP contribution in [0.1, 0.15) is 12.8 Å². The van der Waals surface area contributed by atoms with Crippen molar-refractivity contribution in [2.45, 2.75) is 18.4 Å². The van der Waals surface area contributed by atoms with Gasteiger partial charge in [-0.05, 0) is 0 Å². The molecule has 0 atom stereocenters. The maximum atomic E-state index is 10.3. The van der Waals surface area contributed by atoms with Gasteiger partial charge in [0.2, 0.25) is 0 Å². The molecule has 0 aliphatic rings. The molecule has 0 aromatic rings. The monoisotopic (exact) mass is 291 g/mol. The SMILES string of the molecule is O=C(O)CC(O)(CC(=O)O)C(=O)O.[Cl][Zn]. The van der Waals surface area contributed by atoms with Crippen molar-refractivity contribution in [3.05, 3.63) is 0 Å². The van der Waals surface area contributed by atoms with Crippen LogP contribution in [0.25, 0.3) is 0 Å². The molecule has 0 amide bonds. The summed E-state index contributed by atoms with van der Waals surface area (Å²) in [5.74, 6) is -5.02. The second-order valence-electron chi connectivity index (χ2n) is 2.48. The Morgan fingerprint density at radius 2 is 1.27 bits per heavy atom. The molecule has 9 heteroatoms. The molecule has 0 spiro atoms. The quantitative estimate of drug-likeness (QED) is 0.499. The Labute approximate surface area is 98.4 Å². The van der Waals surface area contributed by atoms with Crippen molar-refractivity contribution in [3.8, 4) is 0 Å². The third-order valence-corrected chi connectivity index (χ3v) is 1.29. The van der Waals surface area contributed by atoms with Gasteiger partial charge >= 0.3 is 44.9 Å². The standard InChI is InChI=1S/C6H8O7.ClH.Zn/c7-3(8)1-6(13,5(11)12)2-4(9)10;;/h13H,1-2H2,(H,7,8)(H,9,10)(H,11,12);1H;/q;;+1/p-1. The minimum atomic E-state index is -2.74. The topological polar surface area (TPSA) is 132 Å². The maximum absolute atomic E-state index is 10.3. The molecule has 83 valence electrons. The molecule has 0 aliphatic carbocycles. The number of hydrogen-bond acceptors (Lipinski definition) is 4. The molecule has 0 bridgehead atoms. The van der Waals surface area contributed by atoms with Gasteiger partial charge < -0.3 is 20.4 Å². The molecule has 0 unspecified atom stereocenters. The van der Waals surface area contributed by atoms with Crippen molar-refractivity contribution in [1.82, 2.24) is 0 Å². The van der Waals surface area contributed by atoms with Crippen molar-refractivity contribution in [3.63, 3.8) is 0 Å². The molecule has 0 aromatic carbocycles. The van der Waals surface area contributed by atoms with Crippen LogP contribution in [0.2, 0.25) is 0 Å². The number of hydrogen-bond donors (Lipinski definition) is 4. The first kappa shape index (κ1) is 16.7. The van der Waals surface area contributed by atoms with Crippen molar-refractivity contribution < 1.29 is 52.1 Å². The van der Waals surface area contributed by atoms with Crippen LogP contribution in [0.5, 0.6) is 0 Å². The van der Waals surface area contributed by atoms with E-state index >= 15 is 0 Å². The zero-order chi connectivity index (χ0) is 12.6. The number of rotatable bonds is 5. The van der Waals surface area contributed by atoms with Gasteiger partial charge in [0.15, 0.2) is 5.60 Å². The van der Waals surface area contributed by atoms with E-state index in [9.17, 15) is 14.4 Å². The van der Waals surface area contributed by atoms with Crippen molar-refractivity contribution >= 4 is 27.6 Å².